The number of ether oxygens (including phenoxy) is 2. The van der Waals surface area contributed by atoms with E-state index in [0.29, 0.717) is 12.8 Å². The Hall–Kier alpha value is -1.97. The van der Waals surface area contributed by atoms with Gasteiger partial charge in [-0.1, -0.05) is 13.3 Å². The zero-order chi connectivity index (χ0) is 20.0. The number of rotatable bonds is 11. The van der Waals surface area contributed by atoms with E-state index in [0.717, 1.165) is 24.3 Å². The lowest BCUT2D eigenvalue weighted by Crippen LogP contribution is -2.58. The second-order valence-electron chi connectivity index (χ2n) is 5.51. The van der Waals surface area contributed by atoms with Gasteiger partial charge in [0, 0.05) is 6.61 Å². The van der Waals surface area contributed by atoms with Gasteiger partial charge in [0.05, 0.1) is 5.56 Å². The molecule has 1 rings (SSSR count). The maximum Gasteiger partial charge on any atom is 0.377 e. The molecule has 0 aromatic heterocycles. The number of carboxylic acid groups (broad SMARTS) is 1. The van der Waals surface area contributed by atoms with Crippen molar-refractivity contribution in [2.45, 2.75) is 37.5 Å². The second kappa shape index (κ2) is 8.61. The number of unbranched alkanes of at least 4 members (excludes halogenated alkanes) is 1. The van der Waals surface area contributed by atoms with E-state index in [2.05, 4.69) is 9.47 Å². The first-order chi connectivity index (χ1) is 11.9. The zero-order valence-corrected chi connectivity index (χ0v) is 13.8. The van der Waals surface area contributed by atoms with Gasteiger partial charge in [0.25, 0.3) is 0 Å². The third-order valence-electron chi connectivity index (χ3n) is 3.37. The van der Waals surface area contributed by atoms with Crippen LogP contribution in [-0.4, -0.2) is 48.7 Å². The van der Waals surface area contributed by atoms with Crippen LogP contribution in [-0.2, 0) is 4.74 Å². The number of benzene rings is 1. The van der Waals surface area contributed by atoms with E-state index >= 15 is 0 Å². The smallest absolute Gasteiger partial charge is 0.377 e. The molecule has 0 saturated carbocycles. The predicted molar refractivity (Wildman–Crippen MR) is 79.5 cm³/mol. The number of carboxylic acids is 1. The number of alkyl halides is 6. The van der Waals surface area contributed by atoms with Gasteiger partial charge < -0.3 is 14.6 Å². The number of halogens is 6. The van der Waals surface area contributed by atoms with Crippen LogP contribution in [0.3, 0.4) is 0 Å². The Labute approximate surface area is 145 Å². The van der Waals surface area contributed by atoms with Crippen LogP contribution in [0, 0.1) is 0 Å². The molecule has 0 radical (unpaired) electrons. The number of carbonyl (C=O) groups is 1. The van der Waals surface area contributed by atoms with Crippen molar-refractivity contribution in [3.8, 4) is 5.75 Å². The molecule has 0 aliphatic rings. The summed E-state index contributed by atoms with van der Waals surface area (Å²) in [6.07, 6.45) is 0.889. The van der Waals surface area contributed by atoms with E-state index in [-0.39, 0.29) is 17.9 Å². The molecular formula is C16H18F6O4. The van der Waals surface area contributed by atoms with E-state index in [1.165, 1.54) is 0 Å². The first kappa shape index (κ1) is 22.1. The van der Waals surface area contributed by atoms with E-state index in [4.69, 9.17) is 5.11 Å². The second-order valence-corrected chi connectivity index (χ2v) is 5.51. The van der Waals surface area contributed by atoms with E-state index in [1.807, 2.05) is 0 Å². The van der Waals surface area contributed by atoms with Gasteiger partial charge in [-0.15, -0.1) is 0 Å². The Morgan fingerprint density at radius 2 is 1.54 bits per heavy atom. The summed E-state index contributed by atoms with van der Waals surface area (Å²) in [4.78, 5) is 10.6. The minimum absolute atomic E-state index is 0.190. The molecule has 0 unspecified atom stereocenters. The summed E-state index contributed by atoms with van der Waals surface area (Å²) in [6.45, 7) is -2.40. The van der Waals surface area contributed by atoms with Crippen LogP contribution in [0.4, 0.5) is 26.3 Å². The molecule has 0 amide bonds. The fourth-order valence-corrected chi connectivity index (χ4v) is 1.76. The van der Waals surface area contributed by atoms with Crippen LogP contribution in [0.2, 0.25) is 0 Å². The van der Waals surface area contributed by atoms with Gasteiger partial charge in [-0.05, 0) is 30.7 Å². The Kier molecular flexibility index (Phi) is 7.31. The summed E-state index contributed by atoms with van der Waals surface area (Å²) in [5.41, 5.74) is -0.190. The van der Waals surface area contributed by atoms with Crippen molar-refractivity contribution in [2.75, 3.05) is 19.8 Å². The van der Waals surface area contributed by atoms with Gasteiger partial charge in [-0.25, -0.2) is 4.79 Å². The molecule has 4 nitrogen and oxygen atoms in total. The first-order valence-corrected chi connectivity index (χ1v) is 7.62. The zero-order valence-electron chi connectivity index (χ0n) is 13.8. The lowest BCUT2D eigenvalue weighted by Gasteiger charge is -2.32. The number of hydrogen-bond acceptors (Lipinski definition) is 3. The molecule has 0 atom stereocenters. The fraction of sp³-hybridized carbons (Fsp3) is 0.562. The molecular weight excluding hydrogens is 370 g/mol. The van der Waals surface area contributed by atoms with Gasteiger partial charge in [0.1, 0.15) is 12.4 Å². The highest BCUT2D eigenvalue weighted by Gasteiger charge is 2.71. The van der Waals surface area contributed by atoms with Crippen molar-refractivity contribution >= 4 is 5.97 Å². The average molecular weight is 388 g/mol. The SMILES string of the molecule is CCCCOCC(F)(F)C(F)(F)C(F)(F)COc1ccc(C(=O)O)cc1. The summed E-state index contributed by atoms with van der Waals surface area (Å²) in [6, 6.07) is 3.88. The van der Waals surface area contributed by atoms with Crippen molar-refractivity contribution in [3.63, 3.8) is 0 Å². The van der Waals surface area contributed by atoms with Crippen LogP contribution in [0.1, 0.15) is 30.1 Å². The normalized spacial score (nSPS) is 12.9. The molecule has 0 spiro atoms. The third-order valence-corrected chi connectivity index (χ3v) is 3.37. The fourth-order valence-electron chi connectivity index (χ4n) is 1.76. The lowest BCUT2D eigenvalue weighted by atomic mass is 10.1. The van der Waals surface area contributed by atoms with Crippen LogP contribution < -0.4 is 4.74 Å². The molecule has 0 aliphatic heterocycles. The minimum Gasteiger partial charge on any atom is -0.487 e. The molecule has 148 valence electrons. The van der Waals surface area contributed by atoms with Crippen LogP contribution >= 0.6 is 0 Å². The lowest BCUT2D eigenvalue weighted by molar-refractivity contribution is -0.324. The molecule has 0 heterocycles. The molecule has 1 aromatic carbocycles. The summed E-state index contributed by atoms with van der Waals surface area (Å²) in [5.74, 6) is -17.6. The summed E-state index contributed by atoms with van der Waals surface area (Å²) in [5, 5.41) is 8.68. The quantitative estimate of drug-likeness (QED) is 0.448. The molecule has 26 heavy (non-hydrogen) atoms. The summed E-state index contributed by atoms with van der Waals surface area (Å²) in [7, 11) is 0. The van der Waals surface area contributed by atoms with E-state index < -0.39 is 37.0 Å². The largest absolute Gasteiger partial charge is 0.487 e. The molecule has 0 bridgehead atoms. The van der Waals surface area contributed by atoms with Crippen molar-refractivity contribution < 1.29 is 45.7 Å². The van der Waals surface area contributed by atoms with Crippen molar-refractivity contribution in [1.29, 1.82) is 0 Å². The predicted octanol–water partition coefficient (Wildman–Crippen LogP) is 4.49. The highest BCUT2D eigenvalue weighted by Crippen LogP contribution is 2.46. The standard InChI is InChI=1S/C16H18F6O4/c1-2-3-8-25-9-14(17,18)16(21,22)15(19,20)10-26-12-6-4-11(5-7-12)13(23)24/h4-7H,2-3,8-10H2,1H3,(H,23,24). The Morgan fingerprint density at radius 1 is 1.00 bits per heavy atom. The summed E-state index contributed by atoms with van der Waals surface area (Å²) < 4.78 is 90.4. The minimum atomic E-state index is -5.70. The highest BCUT2D eigenvalue weighted by molar-refractivity contribution is 5.87. The first-order valence-electron chi connectivity index (χ1n) is 7.62. The molecule has 0 saturated heterocycles. The maximum atomic E-state index is 13.7. The molecule has 10 heteroatoms. The van der Waals surface area contributed by atoms with Crippen molar-refractivity contribution in [1.82, 2.24) is 0 Å². The Balaban J connectivity index is 2.74. The molecule has 0 fully saturated rings. The van der Waals surface area contributed by atoms with E-state index in [1.54, 1.807) is 6.92 Å². The Bertz CT molecular complexity index is 589. The average Bonchev–Trinajstić information content (AvgIpc) is 2.57. The summed E-state index contributed by atoms with van der Waals surface area (Å²) >= 11 is 0. The van der Waals surface area contributed by atoms with Gasteiger partial charge in [-0.2, -0.15) is 26.3 Å². The molecule has 1 N–H and O–H groups in total. The van der Waals surface area contributed by atoms with Gasteiger partial charge in [-0.3, -0.25) is 0 Å². The molecule has 1 aromatic rings. The van der Waals surface area contributed by atoms with Crippen molar-refractivity contribution in [2.24, 2.45) is 0 Å². The van der Waals surface area contributed by atoms with E-state index in [9.17, 15) is 31.1 Å². The number of hydrogen-bond donors (Lipinski definition) is 1. The molecule has 0 aliphatic carbocycles. The highest BCUT2D eigenvalue weighted by atomic mass is 19.3. The third kappa shape index (κ3) is 5.26. The van der Waals surface area contributed by atoms with Crippen LogP contribution in [0.15, 0.2) is 24.3 Å². The van der Waals surface area contributed by atoms with Crippen molar-refractivity contribution in [3.05, 3.63) is 29.8 Å². The van der Waals surface area contributed by atoms with Crippen LogP contribution in [0.25, 0.3) is 0 Å². The number of aromatic carboxylic acids is 1. The maximum absolute atomic E-state index is 13.7. The van der Waals surface area contributed by atoms with Crippen LogP contribution in [0.5, 0.6) is 5.75 Å². The monoisotopic (exact) mass is 388 g/mol. The Morgan fingerprint density at radius 3 is 2.04 bits per heavy atom. The van der Waals surface area contributed by atoms with Gasteiger partial charge in [0.15, 0.2) is 6.61 Å². The van der Waals surface area contributed by atoms with Gasteiger partial charge in [0.2, 0.25) is 0 Å². The topological polar surface area (TPSA) is 55.8 Å². The van der Waals surface area contributed by atoms with Gasteiger partial charge >= 0.3 is 23.7 Å².